The topological polar surface area (TPSA) is 34.2 Å². The molecular formula is C7H9NO2. The maximum Gasteiger partial charge on any atom is 0.234 e. The molecule has 1 rings (SSSR count). The molecule has 0 saturated heterocycles. The van der Waals surface area contributed by atoms with E-state index in [1.807, 2.05) is 6.07 Å². The molecule has 0 fully saturated rings. The van der Waals surface area contributed by atoms with Gasteiger partial charge in [-0.05, 0) is 6.07 Å². The van der Waals surface area contributed by atoms with Crippen LogP contribution in [0.4, 0.5) is 0 Å². The third-order valence-corrected chi connectivity index (χ3v) is 0.904. The zero-order chi connectivity index (χ0) is 7.23. The molecule has 1 heterocycles. The molecule has 0 radical (unpaired) electrons. The average molecular weight is 139 g/mol. The molecule has 3 nitrogen and oxygen atoms in total. The SMILES string of the molecule is C=CCOOc1ccc[nH]1. The monoisotopic (exact) mass is 139 g/mol. The number of hydrogen-bond donors (Lipinski definition) is 1. The normalized spacial score (nSPS) is 9.20. The van der Waals surface area contributed by atoms with Crippen molar-refractivity contribution < 1.29 is 9.78 Å². The van der Waals surface area contributed by atoms with Crippen LogP contribution in [-0.4, -0.2) is 11.6 Å². The first-order chi connectivity index (χ1) is 4.93. The highest BCUT2D eigenvalue weighted by molar-refractivity contribution is 5.08. The number of H-pyrrole nitrogens is 1. The Morgan fingerprint density at radius 1 is 1.70 bits per heavy atom. The van der Waals surface area contributed by atoms with Crippen molar-refractivity contribution in [3.05, 3.63) is 31.0 Å². The highest BCUT2D eigenvalue weighted by Crippen LogP contribution is 2.03. The number of hydrogen-bond acceptors (Lipinski definition) is 2. The highest BCUT2D eigenvalue weighted by Gasteiger charge is 1.89. The second-order valence-corrected chi connectivity index (χ2v) is 1.69. The molecule has 1 aromatic heterocycles. The van der Waals surface area contributed by atoms with E-state index in [0.717, 1.165) is 0 Å². The lowest BCUT2D eigenvalue weighted by atomic mass is 10.7. The van der Waals surface area contributed by atoms with Gasteiger partial charge in [-0.1, -0.05) is 6.08 Å². The van der Waals surface area contributed by atoms with Gasteiger partial charge in [0.25, 0.3) is 0 Å². The van der Waals surface area contributed by atoms with E-state index in [1.54, 1.807) is 18.3 Å². The minimum atomic E-state index is 0.388. The van der Waals surface area contributed by atoms with E-state index in [0.29, 0.717) is 12.5 Å². The summed E-state index contributed by atoms with van der Waals surface area (Å²) in [5, 5.41) is 0. The van der Waals surface area contributed by atoms with Crippen molar-refractivity contribution in [2.45, 2.75) is 0 Å². The molecule has 1 N–H and O–H groups in total. The van der Waals surface area contributed by atoms with Gasteiger partial charge in [-0.3, -0.25) is 0 Å². The summed E-state index contributed by atoms with van der Waals surface area (Å²) in [5.74, 6) is 0.599. The van der Waals surface area contributed by atoms with E-state index in [-0.39, 0.29) is 0 Å². The third-order valence-electron chi connectivity index (χ3n) is 0.904. The second kappa shape index (κ2) is 3.74. The fourth-order valence-corrected chi connectivity index (χ4v) is 0.511. The molecule has 0 aromatic carbocycles. The molecule has 0 aliphatic rings. The molecule has 0 atom stereocenters. The molecule has 0 aliphatic heterocycles. The predicted octanol–water partition coefficient (Wildman–Crippen LogP) is 1.51. The quantitative estimate of drug-likeness (QED) is 0.297. The number of rotatable bonds is 4. The second-order valence-electron chi connectivity index (χ2n) is 1.69. The van der Waals surface area contributed by atoms with Gasteiger partial charge in [0.15, 0.2) is 0 Å². The molecule has 0 unspecified atom stereocenters. The minimum absolute atomic E-state index is 0.388. The molecule has 0 bridgehead atoms. The van der Waals surface area contributed by atoms with Crippen LogP contribution in [0.15, 0.2) is 31.0 Å². The summed E-state index contributed by atoms with van der Waals surface area (Å²) >= 11 is 0. The van der Waals surface area contributed by atoms with Gasteiger partial charge in [-0.25, -0.2) is 0 Å². The van der Waals surface area contributed by atoms with Gasteiger partial charge in [0, 0.05) is 12.3 Å². The summed E-state index contributed by atoms with van der Waals surface area (Å²) in [6.07, 6.45) is 3.37. The Morgan fingerprint density at radius 2 is 2.60 bits per heavy atom. The van der Waals surface area contributed by atoms with Crippen molar-refractivity contribution in [3.63, 3.8) is 0 Å². The van der Waals surface area contributed by atoms with Gasteiger partial charge < -0.3 is 9.87 Å². The van der Waals surface area contributed by atoms with Gasteiger partial charge in [-0.2, -0.15) is 4.89 Å². The Labute approximate surface area is 59.2 Å². The Balaban J connectivity index is 2.21. The average Bonchev–Trinajstić information content (AvgIpc) is 2.41. The fraction of sp³-hybridized carbons (Fsp3) is 0.143. The van der Waals surface area contributed by atoms with Crippen molar-refractivity contribution in [3.8, 4) is 5.88 Å². The first-order valence-corrected chi connectivity index (χ1v) is 2.97. The number of aromatic nitrogens is 1. The van der Waals surface area contributed by atoms with Crippen molar-refractivity contribution >= 4 is 0 Å². The van der Waals surface area contributed by atoms with Gasteiger partial charge in [-0.15, -0.1) is 6.58 Å². The summed E-state index contributed by atoms with van der Waals surface area (Å²) < 4.78 is 0. The van der Waals surface area contributed by atoms with Crippen LogP contribution in [0, 0.1) is 0 Å². The van der Waals surface area contributed by atoms with Crippen molar-refractivity contribution in [2.24, 2.45) is 0 Å². The molecule has 1 aromatic rings. The van der Waals surface area contributed by atoms with E-state index < -0.39 is 0 Å². The van der Waals surface area contributed by atoms with Crippen LogP contribution >= 0.6 is 0 Å². The lowest BCUT2D eigenvalue weighted by Gasteiger charge is -1.97. The predicted molar refractivity (Wildman–Crippen MR) is 37.6 cm³/mol. The maximum atomic E-state index is 4.76. The standard InChI is InChI=1S/C7H9NO2/c1-2-6-9-10-7-4-3-5-8-7/h2-5,8H,1,6H2. The minimum Gasteiger partial charge on any atom is -0.330 e. The van der Waals surface area contributed by atoms with E-state index in [1.165, 1.54) is 0 Å². The molecule has 0 amide bonds. The Hall–Kier alpha value is -1.22. The maximum absolute atomic E-state index is 4.76. The third kappa shape index (κ3) is 1.95. The zero-order valence-corrected chi connectivity index (χ0v) is 5.54. The van der Waals surface area contributed by atoms with Gasteiger partial charge >= 0.3 is 0 Å². The summed E-state index contributed by atoms with van der Waals surface area (Å²) in [7, 11) is 0. The Kier molecular flexibility index (Phi) is 2.58. The lowest BCUT2D eigenvalue weighted by molar-refractivity contribution is -0.198. The van der Waals surface area contributed by atoms with Crippen molar-refractivity contribution in [1.82, 2.24) is 4.98 Å². The van der Waals surface area contributed by atoms with Crippen LogP contribution in [-0.2, 0) is 4.89 Å². The first kappa shape index (κ1) is 6.89. The smallest absolute Gasteiger partial charge is 0.234 e. The number of nitrogens with one attached hydrogen (secondary N) is 1. The zero-order valence-electron chi connectivity index (χ0n) is 5.54. The van der Waals surface area contributed by atoms with E-state index in [2.05, 4.69) is 16.5 Å². The Bertz CT molecular complexity index is 181. The van der Waals surface area contributed by atoms with Crippen LogP contribution < -0.4 is 4.89 Å². The molecule has 0 aliphatic carbocycles. The van der Waals surface area contributed by atoms with Crippen LogP contribution in [0.5, 0.6) is 5.88 Å². The number of aromatic amines is 1. The summed E-state index contributed by atoms with van der Waals surface area (Å²) in [4.78, 5) is 12.3. The van der Waals surface area contributed by atoms with Crippen molar-refractivity contribution in [1.29, 1.82) is 0 Å². The molecular weight excluding hydrogens is 130 g/mol. The van der Waals surface area contributed by atoms with Crippen molar-refractivity contribution in [2.75, 3.05) is 6.61 Å². The van der Waals surface area contributed by atoms with Crippen LogP contribution in [0.3, 0.4) is 0 Å². The molecule has 0 saturated carbocycles. The molecule has 3 heteroatoms. The lowest BCUT2D eigenvalue weighted by Crippen LogP contribution is -1.96. The van der Waals surface area contributed by atoms with Crippen LogP contribution in [0.25, 0.3) is 0 Å². The Morgan fingerprint density at radius 3 is 3.20 bits per heavy atom. The van der Waals surface area contributed by atoms with Crippen LogP contribution in [0.1, 0.15) is 0 Å². The first-order valence-electron chi connectivity index (χ1n) is 2.97. The highest BCUT2D eigenvalue weighted by atomic mass is 17.2. The van der Waals surface area contributed by atoms with E-state index in [4.69, 9.17) is 4.89 Å². The van der Waals surface area contributed by atoms with Gasteiger partial charge in [0.1, 0.15) is 6.61 Å². The summed E-state index contributed by atoms with van der Waals surface area (Å²) in [5.41, 5.74) is 0. The van der Waals surface area contributed by atoms with Crippen LogP contribution in [0.2, 0.25) is 0 Å². The van der Waals surface area contributed by atoms with Gasteiger partial charge in [0.2, 0.25) is 5.88 Å². The largest absolute Gasteiger partial charge is 0.330 e. The fourth-order valence-electron chi connectivity index (χ4n) is 0.511. The van der Waals surface area contributed by atoms with Gasteiger partial charge in [0.05, 0.1) is 0 Å². The molecule has 10 heavy (non-hydrogen) atoms. The summed E-state index contributed by atoms with van der Waals surface area (Å²) in [6.45, 7) is 3.85. The van der Waals surface area contributed by atoms with E-state index >= 15 is 0 Å². The molecule has 0 spiro atoms. The summed E-state index contributed by atoms with van der Waals surface area (Å²) in [6, 6.07) is 3.59. The molecule has 54 valence electrons. The van der Waals surface area contributed by atoms with E-state index in [9.17, 15) is 0 Å².